The first-order chi connectivity index (χ1) is 15.6. The van der Waals surface area contributed by atoms with Gasteiger partial charge in [0.15, 0.2) is 5.34 Å². The molecule has 2 aromatic heterocycles. The van der Waals surface area contributed by atoms with Crippen molar-refractivity contribution in [1.29, 1.82) is 0 Å². The van der Waals surface area contributed by atoms with Gasteiger partial charge in [-0.15, -0.1) is 0 Å². The van der Waals surface area contributed by atoms with E-state index in [1.807, 2.05) is 0 Å². The van der Waals surface area contributed by atoms with E-state index in [9.17, 15) is 34.0 Å². The summed E-state index contributed by atoms with van der Waals surface area (Å²) in [6.07, 6.45) is -3.84. The van der Waals surface area contributed by atoms with Crippen molar-refractivity contribution in [3.8, 4) is 0 Å². The van der Waals surface area contributed by atoms with Crippen LogP contribution >= 0.6 is 19.8 Å². The Balaban J connectivity index is 1.90. The average Bonchev–Trinajstić information content (AvgIpc) is 3.00. The van der Waals surface area contributed by atoms with E-state index in [-0.39, 0.29) is 35.2 Å². The van der Waals surface area contributed by atoms with Crippen LogP contribution in [0.5, 0.6) is 0 Å². The van der Waals surface area contributed by atoms with Crippen molar-refractivity contribution in [2.24, 2.45) is 0 Å². The highest BCUT2D eigenvalue weighted by Gasteiger charge is 2.50. The van der Waals surface area contributed by atoms with Gasteiger partial charge in [0.25, 0.3) is 5.56 Å². The van der Waals surface area contributed by atoms with E-state index in [4.69, 9.17) is 21.5 Å². The second-order valence-electron chi connectivity index (χ2n) is 8.92. The topological polar surface area (TPSA) is 167 Å². The molecule has 1 saturated heterocycles. The fraction of sp³-hybridized carbons (Fsp3) is 0.650. The maximum absolute atomic E-state index is 14.3. The third-order valence-electron chi connectivity index (χ3n) is 6.34. The molecule has 3 heterocycles. The zero-order valence-electron chi connectivity index (χ0n) is 19.1. The molecular formula is C20H29FN3O8PS. The predicted octanol–water partition coefficient (Wildman–Crippen LogP) is 1.93. The fourth-order valence-electron chi connectivity index (χ4n) is 3.68. The number of H-pyrrole nitrogens is 1. The molecule has 0 spiro atoms. The van der Waals surface area contributed by atoms with Gasteiger partial charge in [-0.3, -0.25) is 18.7 Å². The van der Waals surface area contributed by atoms with Gasteiger partial charge in [0.1, 0.15) is 23.0 Å². The molecule has 1 fully saturated rings. The molecule has 2 aromatic rings. The number of halogens is 1. The highest BCUT2D eigenvalue weighted by molar-refractivity contribution is 7.71. The summed E-state index contributed by atoms with van der Waals surface area (Å²) >= 11 is 5.23. The third kappa shape index (κ3) is 5.02. The number of fused-ring (bicyclic) bond motifs is 1. The van der Waals surface area contributed by atoms with E-state index in [1.165, 1.54) is 20.0 Å². The molecule has 0 bridgehead atoms. The number of aliphatic hydroxyl groups excluding tert-OH is 2. The minimum atomic E-state index is -4.49. The van der Waals surface area contributed by atoms with E-state index < -0.39 is 54.5 Å². The smallest absolute Gasteiger partial charge is 0.359 e. The molecule has 4 unspecified atom stereocenters. The summed E-state index contributed by atoms with van der Waals surface area (Å²) in [4.78, 5) is 28.2. The largest absolute Gasteiger partial charge is 0.388 e. The van der Waals surface area contributed by atoms with Crippen molar-refractivity contribution in [2.45, 2.75) is 82.3 Å². The summed E-state index contributed by atoms with van der Waals surface area (Å²) in [5, 5.41) is 29.6. The first-order valence-electron chi connectivity index (χ1n) is 10.7. The van der Waals surface area contributed by atoms with Crippen LogP contribution < -0.4 is 5.56 Å². The lowest BCUT2D eigenvalue weighted by molar-refractivity contribution is -0.0532. The molecule has 11 nitrogen and oxygen atoms in total. The number of aliphatic hydroxyl groups is 3. The van der Waals surface area contributed by atoms with Gasteiger partial charge in [0.05, 0.1) is 17.8 Å². The third-order valence-corrected chi connectivity index (χ3v) is 8.89. The lowest BCUT2D eigenvalue weighted by atomic mass is 9.92. The highest BCUT2D eigenvalue weighted by atomic mass is 32.1. The standard InChI is InChI=1S/C20H29FN3O8PS/c1-5-19(3,32-33(29,30)20(4,28)6-2)8-11-14(26)15(27)16(31-11)10-9-24-12(21)7-13(25)22-18(24)23-17(10)34/h7,9,11,14-16,26-28H,5-6,8H2,1-4H3,(H,29,30)(H,22,23,25,34)/t11-,14?,15+,16+,19?,20?/m1/s1. The van der Waals surface area contributed by atoms with Crippen molar-refractivity contribution in [3.05, 3.63) is 38.8 Å². The first-order valence-corrected chi connectivity index (χ1v) is 12.7. The molecule has 0 radical (unpaired) electrons. The predicted molar refractivity (Wildman–Crippen MR) is 121 cm³/mol. The minimum absolute atomic E-state index is 0.0278. The van der Waals surface area contributed by atoms with E-state index in [1.54, 1.807) is 13.8 Å². The summed E-state index contributed by atoms with van der Waals surface area (Å²) in [5.41, 5.74) is -1.90. The van der Waals surface area contributed by atoms with Gasteiger partial charge in [0, 0.05) is 18.2 Å². The molecular weight excluding hydrogens is 492 g/mol. The fourth-order valence-corrected chi connectivity index (χ4v) is 5.34. The van der Waals surface area contributed by atoms with Crippen LogP contribution in [0.1, 0.15) is 58.6 Å². The first kappa shape index (κ1) is 27.0. The highest BCUT2D eigenvalue weighted by Crippen LogP contribution is 2.59. The second-order valence-corrected chi connectivity index (χ2v) is 11.5. The molecule has 14 heteroatoms. The van der Waals surface area contributed by atoms with Crippen LogP contribution in [-0.4, -0.2) is 63.8 Å². The number of nitrogens with zero attached hydrogens (tertiary/aromatic N) is 2. The summed E-state index contributed by atoms with van der Waals surface area (Å²) < 4.78 is 39.2. The molecule has 0 saturated carbocycles. The van der Waals surface area contributed by atoms with E-state index in [0.29, 0.717) is 6.07 Å². The molecule has 1 aliphatic heterocycles. The summed E-state index contributed by atoms with van der Waals surface area (Å²) in [5.74, 6) is -1.06. The number of aromatic amines is 1. The molecule has 5 N–H and O–H groups in total. The van der Waals surface area contributed by atoms with Crippen molar-refractivity contribution < 1.29 is 38.4 Å². The number of hydrogen-bond donors (Lipinski definition) is 5. The quantitative estimate of drug-likeness (QED) is 0.197. The lowest BCUT2D eigenvalue weighted by Gasteiger charge is -2.37. The van der Waals surface area contributed by atoms with Crippen LogP contribution in [0, 0.1) is 10.6 Å². The van der Waals surface area contributed by atoms with Gasteiger partial charge in [-0.1, -0.05) is 26.1 Å². The van der Waals surface area contributed by atoms with Crippen molar-refractivity contribution in [3.63, 3.8) is 0 Å². The van der Waals surface area contributed by atoms with Crippen LogP contribution in [0.2, 0.25) is 0 Å². The minimum Gasteiger partial charge on any atom is -0.388 e. The second kappa shape index (κ2) is 9.47. The number of hydrogen-bond acceptors (Lipinski definition) is 9. The molecule has 3 rings (SSSR count). The van der Waals surface area contributed by atoms with Crippen LogP contribution in [0.4, 0.5) is 4.39 Å². The SMILES string of the molecule is CCC(C)(C[C@H]1O[C@@H](c2cn3c(F)cc(=O)[nH]c3nc2=S)[C@@H](O)C1O)OP(=O)(O)C(C)(O)CC. The zero-order valence-corrected chi connectivity index (χ0v) is 20.8. The molecule has 190 valence electrons. The van der Waals surface area contributed by atoms with Crippen LogP contribution in [0.25, 0.3) is 5.78 Å². The lowest BCUT2D eigenvalue weighted by Crippen LogP contribution is -2.40. The van der Waals surface area contributed by atoms with E-state index >= 15 is 0 Å². The molecule has 0 amide bonds. The van der Waals surface area contributed by atoms with E-state index in [2.05, 4.69) is 9.97 Å². The monoisotopic (exact) mass is 521 g/mol. The Morgan fingerprint density at radius 1 is 1.32 bits per heavy atom. The van der Waals surface area contributed by atoms with Gasteiger partial charge in [-0.05, 0) is 26.7 Å². The molecule has 7 atom stereocenters. The van der Waals surface area contributed by atoms with Crippen LogP contribution in [0.3, 0.4) is 0 Å². The Labute approximate surface area is 199 Å². The average molecular weight is 522 g/mol. The summed E-state index contributed by atoms with van der Waals surface area (Å²) in [6, 6.07) is 0.716. The normalized spacial score (nSPS) is 28.4. The van der Waals surface area contributed by atoms with Gasteiger partial charge < -0.3 is 29.5 Å². The summed E-state index contributed by atoms with van der Waals surface area (Å²) in [7, 11) is -4.49. The Hall–Kier alpha value is -1.57. The van der Waals surface area contributed by atoms with Crippen molar-refractivity contribution >= 4 is 25.6 Å². The Bertz CT molecular complexity index is 1240. The van der Waals surface area contributed by atoms with Crippen molar-refractivity contribution in [2.75, 3.05) is 0 Å². The number of rotatable bonds is 8. The van der Waals surface area contributed by atoms with Gasteiger partial charge in [-0.2, -0.15) is 4.39 Å². The number of ether oxygens (including phenoxy) is 1. The maximum Gasteiger partial charge on any atom is 0.359 e. The molecule has 1 aliphatic rings. The molecule has 0 aliphatic carbocycles. The molecule has 0 aromatic carbocycles. The van der Waals surface area contributed by atoms with E-state index in [0.717, 1.165) is 4.40 Å². The van der Waals surface area contributed by atoms with Gasteiger partial charge >= 0.3 is 7.60 Å². The Morgan fingerprint density at radius 2 is 1.97 bits per heavy atom. The van der Waals surface area contributed by atoms with Crippen molar-refractivity contribution in [1.82, 2.24) is 14.4 Å². The molecule has 34 heavy (non-hydrogen) atoms. The Kier molecular flexibility index (Phi) is 7.53. The van der Waals surface area contributed by atoms with Crippen LogP contribution in [-0.2, 0) is 13.8 Å². The van der Waals surface area contributed by atoms with Crippen LogP contribution in [0.15, 0.2) is 17.1 Å². The number of nitrogens with one attached hydrogen (secondary N) is 1. The van der Waals surface area contributed by atoms with Gasteiger partial charge in [-0.25, -0.2) is 4.98 Å². The summed E-state index contributed by atoms with van der Waals surface area (Å²) in [6.45, 7) is 5.98. The maximum atomic E-state index is 14.3. The Morgan fingerprint density at radius 3 is 2.56 bits per heavy atom. The zero-order chi connectivity index (χ0) is 25.6. The number of aromatic nitrogens is 3. The van der Waals surface area contributed by atoms with Gasteiger partial charge in [0.2, 0.25) is 11.7 Å².